The maximum absolute atomic E-state index is 13.9. The maximum Gasteiger partial charge on any atom is 0.129 e. The van der Waals surface area contributed by atoms with Crippen LogP contribution in [0.3, 0.4) is 0 Å². The predicted molar refractivity (Wildman–Crippen MR) is 83.2 cm³/mol. The largest absolute Gasteiger partial charge is 0.384 e. The number of aliphatic hydroxyl groups is 1. The van der Waals surface area contributed by atoms with Gasteiger partial charge in [0, 0.05) is 24.8 Å². The molecule has 0 spiro atoms. The Kier molecular flexibility index (Phi) is 3.68. The average Bonchev–Trinajstić information content (AvgIpc) is 2.49. The number of nitrogens with zero attached hydrogens (tertiary/aromatic N) is 1. The molecule has 0 aliphatic carbocycles. The number of hydrogen-bond acceptors (Lipinski definition) is 2. The van der Waals surface area contributed by atoms with Gasteiger partial charge in [0.15, 0.2) is 0 Å². The van der Waals surface area contributed by atoms with E-state index in [9.17, 15) is 9.50 Å². The number of rotatable bonds is 2. The van der Waals surface area contributed by atoms with Gasteiger partial charge in [-0.15, -0.1) is 0 Å². The van der Waals surface area contributed by atoms with Gasteiger partial charge in [0.25, 0.3) is 0 Å². The summed E-state index contributed by atoms with van der Waals surface area (Å²) >= 11 is 0. The molecule has 3 heteroatoms. The molecule has 21 heavy (non-hydrogen) atoms. The van der Waals surface area contributed by atoms with Crippen LogP contribution < -0.4 is 4.90 Å². The molecule has 110 valence electrons. The lowest BCUT2D eigenvalue weighted by molar-refractivity contribution is 0.215. The highest BCUT2D eigenvalue weighted by molar-refractivity contribution is 5.57. The molecule has 0 radical (unpaired) electrons. The molecular weight excluding hydrogens is 265 g/mol. The molecule has 0 saturated carbocycles. The molecule has 0 amide bonds. The molecule has 1 heterocycles. The lowest BCUT2D eigenvalue weighted by atomic mass is 9.94. The normalized spacial score (nSPS) is 15.7. The van der Waals surface area contributed by atoms with Gasteiger partial charge in [-0.3, -0.25) is 0 Å². The average molecular weight is 285 g/mol. The number of benzene rings is 2. The molecule has 1 N–H and O–H groups in total. The van der Waals surface area contributed by atoms with Crippen LogP contribution in [-0.2, 0) is 6.42 Å². The first-order chi connectivity index (χ1) is 10.1. The van der Waals surface area contributed by atoms with Gasteiger partial charge in [0.1, 0.15) is 11.9 Å². The molecule has 0 saturated heterocycles. The van der Waals surface area contributed by atoms with E-state index in [0.717, 1.165) is 30.5 Å². The number of fused-ring (bicyclic) bond motifs is 1. The minimum atomic E-state index is -0.914. The van der Waals surface area contributed by atoms with Gasteiger partial charge in [0.2, 0.25) is 0 Å². The van der Waals surface area contributed by atoms with Crippen molar-refractivity contribution in [3.63, 3.8) is 0 Å². The molecule has 0 bridgehead atoms. The van der Waals surface area contributed by atoms with Gasteiger partial charge in [0.05, 0.1) is 0 Å². The zero-order chi connectivity index (χ0) is 15.0. The highest BCUT2D eigenvalue weighted by Crippen LogP contribution is 2.31. The van der Waals surface area contributed by atoms with Crippen molar-refractivity contribution in [3.8, 4) is 0 Å². The smallest absolute Gasteiger partial charge is 0.129 e. The van der Waals surface area contributed by atoms with Crippen LogP contribution in [0.4, 0.5) is 10.1 Å². The molecule has 2 aromatic carbocycles. The number of halogens is 1. The molecular formula is C18H20FNO. The highest BCUT2D eigenvalue weighted by Gasteiger charge is 2.19. The van der Waals surface area contributed by atoms with Gasteiger partial charge in [-0.25, -0.2) is 4.39 Å². The van der Waals surface area contributed by atoms with Crippen molar-refractivity contribution < 1.29 is 9.50 Å². The first-order valence-corrected chi connectivity index (χ1v) is 7.34. The van der Waals surface area contributed by atoms with Gasteiger partial charge in [-0.05, 0) is 43.0 Å². The summed E-state index contributed by atoms with van der Waals surface area (Å²) in [4.78, 5) is 2.22. The fourth-order valence-corrected chi connectivity index (χ4v) is 3.03. The number of aryl methyl sites for hydroxylation is 2. The summed E-state index contributed by atoms with van der Waals surface area (Å²) in [6.07, 6.45) is 1.21. The van der Waals surface area contributed by atoms with E-state index in [-0.39, 0.29) is 5.82 Å². The summed E-state index contributed by atoms with van der Waals surface area (Å²) in [6.45, 7) is 2.96. The molecule has 1 atom stereocenters. The van der Waals surface area contributed by atoms with Gasteiger partial charge < -0.3 is 10.0 Å². The van der Waals surface area contributed by atoms with E-state index in [1.165, 1.54) is 17.3 Å². The SMILES string of the molecule is Cc1ccc(F)c(C(O)c2ccc3c(c2)CCCN3C)c1. The third-order valence-electron chi connectivity index (χ3n) is 4.22. The van der Waals surface area contributed by atoms with Crippen LogP contribution in [-0.4, -0.2) is 18.7 Å². The van der Waals surface area contributed by atoms with Crippen LogP contribution in [0.1, 0.15) is 34.8 Å². The summed E-state index contributed by atoms with van der Waals surface area (Å²) in [7, 11) is 2.08. The molecule has 0 fully saturated rings. The van der Waals surface area contributed by atoms with E-state index in [1.54, 1.807) is 12.1 Å². The summed E-state index contributed by atoms with van der Waals surface area (Å²) < 4.78 is 13.9. The molecule has 2 nitrogen and oxygen atoms in total. The first kappa shape index (κ1) is 14.1. The number of aliphatic hydroxyl groups excluding tert-OH is 1. The summed E-state index contributed by atoms with van der Waals surface area (Å²) in [6, 6.07) is 10.8. The van der Waals surface area contributed by atoms with Crippen molar-refractivity contribution in [2.75, 3.05) is 18.5 Å². The van der Waals surface area contributed by atoms with Crippen LogP contribution in [0.5, 0.6) is 0 Å². The quantitative estimate of drug-likeness (QED) is 0.911. The van der Waals surface area contributed by atoms with Crippen molar-refractivity contribution in [1.29, 1.82) is 0 Å². The molecule has 1 aliphatic rings. The van der Waals surface area contributed by atoms with Gasteiger partial charge >= 0.3 is 0 Å². The minimum absolute atomic E-state index is 0.346. The molecule has 3 rings (SSSR count). The Morgan fingerprint density at radius 3 is 2.81 bits per heavy atom. The van der Waals surface area contributed by atoms with Gasteiger partial charge in [-0.2, -0.15) is 0 Å². The second-order valence-corrected chi connectivity index (χ2v) is 5.84. The van der Waals surface area contributed by atoms with Crippen molar-refractivity contribution in [1.82, 2.24) is 0 Å². The molecule has 1 unspecified atom stereocenters. The Labute approximate surface area is 124 Å². The van der Waals surface area contributed by atoms with E-state index >= 15 is 0 Å². The first-order valence-electron chi connectivity index (χ1n) is 7.34. The Balaban J connectivity index is 1.98. The Hall–Kier alpha value is -1.87. The standard InChI is InChI=1S/C18H20FNO/c1-12-5-7-16(19)15(10-12)18(21)14-6-8-17-13(11-14)4-3-9-20(17)2/h5-8,10-11,18,21H,3-4,9H2,1-2H3. The third-order valence-corrected chi connectivity index (χ3v) is 4.22. The maximum atomic E-state index is 13.9. The van der Waals surface area contributed by atoms with Gasteiger partial charge in [-0.1, -0.05) is 29.8 Å². The van der Waals surface area contributed by atoms with E-state index in [2.05, 4.69) is 11.9 Å². The predicted octanol–water partition coefficient (Wildman–Crippen LogP) is 3.60. The summed E-state index contributed by atoms with van der Waals surface area (Å²) in [5, 5.41) is 10.5. The Morgan fingerprint density at radius 1 is 1.19 bits per heavy atom. The fraction of sp³-hybridized carbons (Fsp3) is 0.333. The molecule has 2 aromatic rings. The summed E-state index contributed by atoms with van der Waals surface area (Å²) in [5.41, 5.74) is 4.49. The van der Waals surface area contributed by atoms with E-state index in [1.807, 2.05) is 25.1 Å². The zero-order valence-corrected chi connectivity index (χ0v) is 12.4. The Bertz CT molecular complexity index is 668. The third kappa shape index (κ3) is 2.66. The van der Waals surface area contributed by atoms with Crippen LogP contribution >= 0.6 is 0 Å². The lowest BCUT2D eigenvalue weighted by Crippen LogP contribution is -2.24. The topological polar surface area (TPSA) is 23.5 Å². The number of anilines is 1. The van der Waals surface area contributed by atoms with E-state index < -0.39 is 6.10 Å². The fourth-order valence-electron chi connectivity index (χ4n) is 3.03. The van der Waals surface area contributed by atoms with Crippen LogP contribution in [0, 0.1) is 12.7 Å². The van der Waals surface area contributed by atoms with Crippen molar-refractivity contribution in [2.45, 2.75) is 25.9 Å². The van der Waals surface area contributed by atoms with E-state index in [4.69, 9.17) is 0 Å². The summed E-state index contributed by atoms with van der Waals surface area (Å²) in [5.74, 6) is -0.358. The number of hydrogen-bond donors (Lipinski definition) is 1. The van der Waals surface area contributed by atoms with Crippen LogP contribution in [0.2, 0.25) is 0 Å². The zero-order valence-electron chi connectivity index (χ0n) is 12.4. The monoisotopic (exact) mass is 285 g/mol. The minimum Gasteiger partial charge on any atom is -0.384 e. The van der Waals surface area contributed by atoms with E-state index in [0.29, 0.717) is 5.56 Å². The van der Waals surface area contributed by atoms with Crippen molar-refractivity contribution in [3.05, 3.63) is 64.5 Å². The second-order valence-electron chi connectivity index (χ2n) is 5.84. The Morgan fingerprint density at radius 2 is 2.00 bits per heavy atom. The highest BCUT2D eigenvalue weighted by atomic mass is 19.1. The van der Waals surface area contributed by atoms with Crippen LogP contribution in [0.25, 0.3) is 0 Å². The second kappa shape index (κ2) is 5.49. The lowest BCUT2D eigenvalue weighted by Gasteiger charge is -2.28. The van der Waals surface area contributed by atoms with Crippen molar-refractivity contribution >= 4 is 5.69 Å². The van der Waals surface area contributed by atoms with Crippen molar-refractivity contribution in [2.24, 2.45) is 0 Å². The van der Waals surface area contributed by atoms with Crippen LogP contribution in [0.15, 0.2) is 36.4 Å². The molecule has 0 aromatic heterocycles. The molecule has 1 aliphatic heterocycles.